The zero-order valence-electron chi connectivity index (χ0n) is 12.6. The van der Waals surface area contributed by atoms with Gasteiger partial charge in [0.1, 0.15) is 11.6 Å². The van der Waals surface area contributed by atoms with E-state index in [0.29, 0.717) is 5.92 Å². The summed E-state index contributed by atoms with van der Waals surface area (Å²) in [5, 5.41) is 4.03. The molecule has 1 heterocycles. The number of hydrogen-bond donors (Lipinski definition) is 1. The van der Waals surface area contributed by atoms with E-state index >= 15 is 0 Å². The number of aromatic nitrogens is 2. The molecular weight excluding hydrogens is 302 g/mol. The van der Waals surface area contributed by atoms with Crippen LogP contribution >= 0.6 is 23.4 Å². The van der Waals surface area contributed by atoms with Crippen LogP contribution in [0.2, 0.25) is 5.02 Å². The number of rotatable bonds is 6. The molecule has 1 aromatic heterocycles. The van der Waals surface area contributed by atoms with E-state index in [4.69, 9.17) is 11.6 Å². The quantitative estimate of drug-likeness (QED) is 0.762. The molecule has 1 aromatic carbocycles. The van der Waals surface area contributed by atoms with Gasteiger partial charge < -0.3 is 5.32 Å². The minimum Gasteiger partial charge on any atom is -0.370 e. The molecule has 0 amide bonds. The van der Waals surface area contributed by atoms with Crippen molar-refractivity contribution in [3.05, 3.63) is 46.9 Å². The third kappa shape index (κ3) is 4.90. The number of nitrogens with zero attached hydrogens (tertiary/aromatic N) is 2. The Labute approximate surface area is 135 Å². The average Bonchev–Trinajstić information content (AvgIpc) is 2.47. The number of hydrogen-bond acceptors (Lipinski definition) is 4. The fourth-order valence-electron chi connectivity index (χ4n) is 1.83. The van der Waals surface area contributed by atoms with Gasteiger partial charge in [-0.3, -0.25) is 0 Å². The van der Waals surface area contributed by atoms with E-state index in [9.17, 15) is 0 Å². The first-order valence-electron chi connectivity index (χ1n) is 7.08. The van der Waals surface area contributed by atoms with Gasteiger partial charge in [0, 0.05) is 28.2 Å². The second-order valence-corrected chi connectivity index (χ2v) is 6.51. The molecule has 0 saturated heterocycles. The van der Waals surface area contributed by atoms with Crippen molar-refractivity contribution in [3.63, 3.8) is 0 Å². The Morgan fingerprint density at radius 1 is 1.19 bits per heavy atom. The summed E-state index contributed by atoms with van der Waals surface area (Å²) in [4.78, 5) is 10.4. The minimum absolute atomic E-state index is 0.393. The van der Waals surface area contributed by atoms with Gasteiger partial charge in [-0.25, -0.2) is 9.97 Å². The molecule has 0 aliphatic carbocycles. The van der Waals surface area contributed by atoms with Crippen LogP contribution in [-0.4, -0.2) is 16.5 Å². The van der Waals surface area contributed by atoms with Crippen molar-refractivity contribution in [2.75, 3.05) is 11.9 Å². The molecule has 5 heteroatoms. The summed E-state index contributed by atoms with van der Waals surface area (Å²) < 4.78 is 0. The molecule has 0 fully saturated rings. The molecule has 3 nitrogen and oxygen atoms in total. The lowest BCUT2D eigenvalue weighted by atomic mass is 10.1. The van der Waals surface area contributed by atoms with Crippen molar-refractivity contribution in [3.8, 4) is 0 Å². The van der Waals surface area contributed by atoms with Gasteiger partial charge in [0.2, 0.25) is 0 Å². The lowest BCUT2D eigenvalue weighted by Crippen LogP contribution is -2.06. The lowest BCUT2D eigenvalue weighted by Gasteiger charge is -2.11. The fraction of sp³-hybridized carbons (Fsp3) is 0.375. The van der Waals surface area contributed by atoms with Crippen molar-refractivity contribution in [2.24, 2.45) is 0 Å². The molecule has 112 valence electrons. The first-order valence-corrected chi connectivity index (χ1v) is 8.45. The summed E-state index contributed by atoms with van der Waals surface area (Å²) in [7, 11) is 0. The Hall–Kier alpha value is -1.26. The number of nitrogens with one attached hydrogen (secondary N) is 1. The highest BCUT2D eigenvalue weighted by Crippen LogP contribution is 2.24. The molecule has 0 saturated carbocycles. The van der Waals surface area contributed by atoms with Crippen molar-refractivity contribution >= 4 is 29.2 Å². The van der Waals surface area contributed by atoms with Crippen LogP contribution in [0.5, 0.6) is 0 Å². The van der Waals surface area contributed by atoms with E-state index in [-0.39, 0.29) is 0 Å². The normalized spacial score (nSPS) is 10.9. The Bertz CT molecular complexity index is 585. The number of benzene rings is 1. The van der Waals surface area contributed by atoms with Gasteiger partial charge in [-0.15, -0.1) is 11.8 Å². The van der Waals surface area contributed by atoms with E-state index in [1.165, 1.54) is 4.90 Å². The van der Waals surface area contributed by atoms with E-state index in [1.807, 2.05) is 30.3 Å². The summed E-state index contributed by atoms with van der Waals surface area (Å²) >= 11 is 7.62. The van der Waals surface area contributed by atoms with Gasteiger partial charge >= 0.3 is 0 Å². The monoisotopic (exact) mass is 321 g/mol. The maximum Gasteiger partial charge on any atom is 0.141 e. The van der Waals surface area contributed by atoms with E-state index in [0.717, 1.165) is 34.7 Å². The first kappa shape index (κ1) is 16.1. The summed E-state index contributed by atoms with van der Waals surface area (Å²) in [6.45, 7) is 7.22. The van der Waals surface area contributed by atoms with Gasteiger partial charge in [-0.1, -0.05) is 25.4 Å². The number of anilines is 1. The van der Waals surface area contributed by atoms with Gasteiger partial charge in [0.25, 0.3) is 0 Å². The van der Waals surface area contributed by atoms with Crippen molar-refractivity contribution in [2.45, 2.75) is 37.3 Å². The van der Waals surface area contributed by atoms with Gasteiger partial charge in [-0.05, 0) is 37.1 Å². The van der Waals surface area contributed by atoms with Gasteiger partial charge in [-0.2, -0.15) is 0 Å². The molecular formula is C16H20ClN3S. The molecule has 2 rings (SSSR count). The Morgan fingerprint density at radius 3 is 2.52 bits per heavy atom. The summed E-state index contributed by atoms with van der Waals surface area (Å²) in [6.07, 6.45) is 0. The van der Waals surface area contributed by atoms with Crippen LogP contribution in [0.1, 0.15) is 38.2 Å². The van der Waals surface area contributed by atoms with Crippen LogP contribution in [-0.2, 0) is 5.75 Å². The van der Waals surface area contributed by atoms with Crippen LogP contribution in [0.15, 0.2) is 35.2 Å². The van der Waals surface area contributed by atoms with Crippen LogP contribution in [0, 0.1) is 0 Å². The second kappa shape index (κ2) is 7.66. The molecule has 2 aromatic rings. The topological polar surface area (TPSA) is 37.8 Å². The van der Waals surface area contributed by atoms with Crippen molar-refractivity contribution in [1.82, 2.24) is 9.97 Å². The second-order valence-electron chi connectivity index (χ2n) is 5.02. The molecule has 0 atom stereocenters. The van der Waals surface area contributed by atoms with Crippen LogP contribution in [0.4, 0.5) is 5.82 Å². The smallest absolute Gasteiger partial charge is 0.141 e. The van der Waals surface area contributed by atoms with Crippen LogP contribution in [0.3, 0.4) is 0 Å². The average molecular weight is 322 g/mol. The molecule has 1 N–H and O–H groups in total. The van der Waals surface area contributed by atoms with Crippen LogP contribution < -0.4 is 5.32 Å². The maximum atomic E-state index is 5.90. The molecule has 0 bridgehead atoms. The predicted molar refractivity (Wildman–Crippen MR) is 91.3 cm³/mol. The molecule has 0 aliphatic heterocycles. The first-order chi connectivity index (χ1) is 10.1. The molecule has 0 radical (unpaired) electrons. The summed E-state index contributed by atoms with van der Waals surface area (Å²) in [5.41, 5.74) is 1.08. The molecule has 21 heavy (non-hydrogen) atoms. The number of halogens is 1. The summed E-state index contributed by atoms with van der Waals surface area (Å²) in [6, 6.07) is 9.87. The SMILES string of the molecule is CCNc1cc(C(C)C)nc(CSc2ccc(Cl)cc2)n1. The standard InChI is InChI=1S/C16H20ClN3S/c1-4-18-15-9-14(11(2)3)19-16(20-15)10-21-13-7-5-12(17)6-8-13/h5-9,11H,4,10H2,1-3H3,(H,18,19,20). The highest BCUT2D eigenvalue weighted by Gasteiger charge is 2.08. The van der Waals surface area contributed by atoms with E-state index in [1.54, 1.807) is 11.8 Å². The highest BCUT2D eigenvalue weighted by atomic mass is 35.5. The largest absolute Gasteiger partial charge is 0.370 e. The lowest BCUT2D eigenvalue weighted by molar-refractivity contribution is 0.799. The van der Waals surface area contributed by atoms with Crippen LogP contribution in [0.25, 0.3) is 0 Å². The van der Waals surface area contributed by atoms with E-state index in [2.05, 4.69) is 36.1 Å². The zero-order chi connectivity index (χ0) is 15.2. The number of thioether (sulfide) groups is 1. The third-order valence-electron chi connectivity index (χ3n) is 2.92. The van der Waals surface area contributed by atoms with E-state index < -0.39 is 0 Å². The Kier molecular flexibility index (Phi) is 5.88. The molecule has 0 aliphatic rings. The molecule has 0 spiro atoms. The Morgan fingerprint density at radius 2 is 1.90 bits per heavy atom. The molecule has 0 unspecified atom stereocenters. The van der Waals surface area contributed by atoms with Crippen molar-refractivity contribution < 1.29 is 0 Å². The third-order valence-corrected chi connectivity index (χ3v) is 4.18. The van der Waals surface area contributed by atoms with Gasteiger partial charge in [0.15, 0.2) is 0 Å². The highest BCUT2D eigenvalue weighted by molar-refractivity contribution is 7.98. The van der Waals surface area contributed by atoms with Crippen molar-refractivity contribution in [1.29, 1.82) is 0 Å². The maximum absolute atomic E-state index is 5.90. The predicted octanol–water partition coefficient (Wildman–Crippen LogP) is 4.98. The minimum atomic E-state index is 0.393. The zero-order valence-corrected chi connectivity index (χ0v) is 14.1. The van der Waals surface area contributed by atoms with Gasteiger partial charge in [0.05, 0.1) is 5.75 Å². The summed E-state index contributed by atoms with van der Waals surface area (Å²) in [5.74, 6) is 2.91. The Balaban J connectivity index is 2.12. The fourth-order valence-corrected chi connectivity index (χ4v) is 2.71.